The minimum atomic E-state index is -0.0166. The molecular formula is C22H27ClN4O2. The number of piperazine rings is 1. The summed E-state index contributed by atoms with van der Waals surface area (Å²) in [5, 5.41) is 3.39. The quantitative estimate of drug-likeness (QED) is 0.838. The summed E-state index contributed by atoms with van der Waals surface area (Å²) in [4.78, 5) is 34.0. The first-order chi connectivity index (χ1) is 13.7. The van der Waals surface area contributed by atoms with Crippen LogP contribution in [0.1, 0.15) is 34.8 Å². The third-order valence-electron chi connectivity index (χ3n) is 5.75. The lowest BCUT2D eigenvalue weighted by Gasteiger charge is -2.40. The van der Waals surface area contributed by atoms with Gasteiger partial charge >= 0.3 is 0 Å². The first-order valence-corrected chi connectivity index (χ1v) is 9.99. The van der Waals surface area contributed by atoms with Crippen molar-refractivity contribution in [1.29, 1.82) is 0 Å². The van der Waals surface area contributed by atoms with E-state index < -0.39 is 0 Å². The zero-order valence-corrected chi connectivity index (χ0v) is 17.2. The van der Waals surface area contributed by atoms with Crippen molar-refractivity contribution in [2.45, 2.75) is 18.9 Å². The summed E-state index contributed by atoms with van der Waals surface area (Å²) < 4.78 is 0. The first-order valence-electron chi connectivity index (χ1n) is 9.99. The van der Waals surface area contributed by atoms with Crippen LogP contribution in [-0.2, 0) is 4.79 Å². The highest BCUT2D eigenvalue weighted by Gasteiger charge is 2.35. The third kappa shape index (κ3) is 4.77. The fourth-order valence-electron chi connectivity index (χ4n) is 4.17. The van der Waals surface area contributed by atoms with Crippen LogP contribution >= 0.6 is 12.4 Å². The Kier molecular flexibility index (Phi) is 7.23. The second-order valence-corrected chi connectivity index (χ2v) is 7.47. The molecule has 0 bridgehead atoms. The van der Waals surface area contributed by atoms with Crippen LogP contribution in [0.4, 0.5) is 0 Å². The molecule has 2 aliphatic rings. The summed E-state index contributed by atoms with van der Waals surface area (Å²) in [5.74, 6) is 0.251. The predicted molar refractivity (Wildman–Crippen MR) is 114 cm³/mol. The number of nitrogens with zero attached hydrogens (tertiary/aromatic N) is 3. The van der Waals surface area contributed by atoms with Crippen LogP contribution in [0, 0.1) is 5.92 Å². The number of likely N-dealkylation sites (tertiary alicyclic amines) is 1. The van der Waals surface area contributed by atoms with E-state index in [0.29, 0.717) is 25.2 Å². The molecule has 2 fully saturated rings. The second kappa shape index (κ2) is 9.85. The van der Waals surface area contributed by atoms with Crippen molar-refractivity contribution in [3.05, 3.63) is 66.0 Å². The van der Waals surface area contributed by atoms with E-state index >= 15 is 0 Å². The summed E-state index contributed by atoms with van der Waals surface area (Å²) in [5.41, 5.74) is 1.78. The number of aromatic nitrogens is 1. The van der Waals surface area contributed by atoms with Gasteiger partial charge in [0.05, 0.1) is 6.04 Å². The average molecular weight is 415 g/mol. The Morgan fingerprint density at radius 1 is 1.00 bits per heavy atom. The molecule has 1 unspecified atom stereocenters. The van der Waals surface area contributed by atoms with Gasteiger partial charge < -0.3 is 15.1 Å². The molecule has 29 heavy (non-hydrogen) atoms. The lowest BCUT2D eigenvalue weighted by Crippen LogP contribution is -2.52. The van der Waals surface area contributed by atoms with Crippen molar-refractivity contribution >= 4 is 24.2 Å². The van der Waals surface area contributed by atoms with E-state index in [2.05, 4.69) is 10.3 Å². The topological polar surface area (TPSA) is 65.5 Å². The third-order valence-corrected chi connectivity index (χ3v) is 5.75. The Bertz CT molecular complexity index is 810. The molecule has 0 spiro atoms. The van der Waals surface area contributed by atoms with Crippen molar-refractivity contribution in [2.24, 2.45) is 5.92 Å². The van der Waals surface area contributed by atoms with E-state index in [1.54, 1.807) is 6.20 Å². The number of rotatable bonds is 3. The van der Waals surface area contributed by atoms with Gasteiger partial charge in [-0.05, 0) is 36.6 Å². The van der Waals surface area contributed by atoms with E-state index in [1.165, 1.54) is 0 Å². The minimum Gasteiger partial charge on any atom is -0.339 e. The Hall–Kier alpha value is -2.44. The summed E-state index contributed by atoms with van der Waals surface area (Å²) in [6.45, 7) is 3.54. The van der Waals surface area contributed by atoms with Gasteiger partial charge in [-0.3, -0.25) is 14.6 Å². The largest absolute Gasteiger partial charge is 0.339 e. The smallest absolute Gasteiger partial charge is 0.253 e. The number of carbonyl (C=O) groups excluding carboxylic acids is 2. The van der Waals surface area contributed by atoms with Gasteiger partial charge in [0.25, 0.3) is 5.91 Å². The maximum absolute atomic E-state index is 13.3. The van der Waals surface area contributed by atoms with E-state index in [4.69, 9.17) is 0 Å². The van der Waals surface area contributed by atoms with Gasteiger partial charge in [-0.1, -0.05) is 24.3 Å². The van der Waals surface area contributed by atoms with Crippen molar-refractivity contribution < 1.29 is 9.59 Å². The number of nitrogens with one attached hydrogen (secondary N) is 1. The maximum atomic E-state index is 13.3. The maximum Gasteiger partial charge on any atom is 0.253 e. The molecule has 3 heterocycles. The van der Waals surface area contributed by atoms with Crippen LogP contribution in [-0.4, -0.2) is 59.3 Å². The lowest BCUT2D eigenvalue weighted by atomic mass is 9.93. The van der Waals surface area contributed by atoms with Crippen LogP contribution in [0.3, 0.4) is 0 Å². The molecule has 2 amide bonds. The molecule has 2 saturated heterocycles. The van der Waals surface area contributed by atoms with E-state index in [-0.39, 0.29) is 36.2 Å². The van der Waals surface area contributed by atoms with E-state index in [0.717, 1.165) is 31.5 Å². The molecule has 154 valence electrons. The van der Waals surface area contributed by atoms with Gasteiger partial charge in [0, 0.05) is 56.6 Å². The Balaban J connectivity index is 0.00000240. The summed E-state index contributed by atoms with van der Waals surface area (Å²) in [6, 6.07) is 13.3. The molecule has 6 nitrogen and oxygen atoms in total. The lowest BCUT2D eigenvalue weighted by molar-refractivity contribution is -0.140. The SMILES string of the molecule is Cl.O=C(c1ccccc1)N1CCC(C(=O)N2CCNCC2c2cccnc2)CC1. The number of pyridine rings is 1. The van der Waals surface area contributed by atoms with Crippen LogP contribution in [0.2, 0.25) is 0 Å². The number of carbonyl (C=O) groups is 2. The van der Waals surface area contributed by atoms with Gasteiger partial charge in [-0.15, -0.1) is 12.4 Å². The number of benzene rings is 1. The molecule has 7 heteroatoms. The molecule has 0 radical (unpaired) electrons. The molecule has 2 aliphatic heterocycles. The zero-order valence-electron chi connectivity index (χ0n) is 16.4. The van der Waals surface area contributed by atoms with Gasteiger partial charge in [0.15, 0.2) is 0 Å². The molecular weight excluding hydrogens is 388 g/mol. The van der Waals surface area contributed by atoms with E-state index in [9.17, 15) is 9.59 Å². The minimum absolute atomic E-state index is 0. The molecule has 0 saturated carbocycles. The highest BCUT2D eigenvalue weighted by atomic mass is 35.5. The molecule has 1 aromatic heterocycles. The number of piperidine rings is 1. The fourth-order valence-corrected chi connectivity index (χ4v) is 4.17. The molecule has 1 aromatic carbocycles. The van der Waals surface area contributed by atoms with E-state index in [1.807, 2.05) is 58.5 Å². The van der Waals surface area contributed by atoms with Gasteiger partial charge in [-0.2, -0.15) is 0 Å². The van der Waals surface area contributed by atoms with Crippen LogP contribution in [0.5, 0.6) is 0 Å². The monoisotopic (exact) mass is 414 g/mol. The van der Waals surface area contributed by atoms with Crippen LogP contribution < -0.4 is 5.32 Å². The molecule has 1 atom stereocenters. The van der Waals surface area contributed by atoms with Gasteiger partial charge in [0.1, 0.15) is 0 Å². The average Bonchev–Trinajstić information content (AvgIpc) is 2.79. The fraction of sp³-hybridized carbons (Fsp3) is 0.409. The molecule has 1 N–H and O–H groups in total. The highest BCUT2D eigenvalue weighted by Crippen LogP contribution is 2.27. The van der Waals surface area contributed by atoms with Crippen molar-refractivity contribution in [3.63, 3.8) is 0 Å². The molecule has 2 aromatic rings. The standard InChI is InChI=1S/C22H26N4O2.ClH/c27-21(17-5-2-1-3-6-17)25-12-8-18(9-13-25)22(28)26-14-11-24-16-20(26)19-7-4-10-23-15-19;/h1-7,10,15,18,20,24H,8-9,11-14,16H2;1H. The Labute approximate surface area is 177 Å². The zero-order chi connectivity index (χ0) is 19.3. The molecule has 4 rings (SSSR count). The van der Waals surface area contributed by atoms with Crippen LogP contribution in [0.15, 0.2) is 54.9 Å². The van der Waals surface area contributed by atoms with Gasteiger partial charge in [-0.25, -0.2) is 0 Å². The van der Waals surface area contributed by atoms with Crippen molar-refractivity contribution in [3.8, 4) is 0 Å². The first kappa shape index (κ1) is 21.3. The number of hydrogen-bond donors (Lipinski definition) is 1. The van der Waals surface area contributed by atoms with Crippen LogP contribution in [0.25, 0.3) is 0 Å². The van der Waals surface area contributed by atoms with Crippen molar-refractivity contribution in [2.75, 3.05) is 32.7 Å². The summed E-state index contributed by atoms with van der Waals surface area (Å²) in [7, 11) is 0. The predicted octanol–water partition coefficient (Wildman–Crippen LogP) is 2.53. The highest BCUT2D eigenvalue weighted by molar-refractivity contribution is 5.94. The molecule has 0 aliphatic carbocycles. The summed E-state index contributed by atoms with van der Waals surface area (Å²) in [6.07, 6.45) is 5.05. The summed E-state index contributed by atoms with van der Waals surface area (Å²) >= 11 is 0. The number of amides is 2. The van der Waals surface area contributed by atoms with Gasteiger partial charge in [0.2, 0.25) is 5.91 Å². The number of hydrogen-bond acceptors (Lipinski definition) is 4. The second-order valence-electron chi connectivity index (χ2n) is 7.47. The Morgan fingerprint density at radius 3 is 2.45 bits per heavy atom. The number of halogens is 1. The van der Waals surface area contributed by atoms with Crippen molar-refractivity contribution in [1.82, 2.24) is 20.1 Å². The normalized spacial score (nSPS) is 20.1. The Morgan fingerprint density at radius 2 is 1.76 bits per heavy atom.